The van der Waals surface area contributed by atoms with Crippen molar-refractivity contribution in [1.82, 2.24) is 15.0 Å². The third-order valence-electron chi connectivity index (χ3n) is 0.933. The summed E-state index contributed by atoms with van der Waals surface area (Å²) in [6.45, 7) is -1.45. The van der Waals surface area contributed by atoms with E-state index in [4.69, 9.17) is 5.73 Å². The predicted octanol–water partition coefficient (Wildman–Crippen LogP) is 0.395. The smallest absolute Gasteiger partial charge is 0.422 e. The molecule has 0 spiro atoms. The second-order valence-electron chi connectivity index (χ2n) is 2.03. The van der Waals surface area contributed by atoms with Crippen LogP contribution >= 0.6 is 0 Å². The van der Waals surface area contributed by atoms with Crippen molar-refractivity contribution in [2.24, 2.45) is 0 Å². The fraction of sp³-hybridized carbons (Fsp3) is 0.400. The van der Waals surface area contributed by atoms with Gasteiger partial charge in [0.05, 0.1) is 0 Å². The summed E-state index contributed by atoms with van der Waals surface area (Å²) in [6.07, 6.45) is -3.45. The van der Waals surface area contributed by atoms with Gasteiger partial charge in [0.1, 0.15) is 6.33 Å². The van der Waals surface area contributed by atoms with Crippen molar-refractivity contribution in [2.75, 3.05) is 12.3 Å². The molecule has 0 saturated carbocycles. The highest BCUT2D eigenvalue weighted by atomic mass is 19.4. The van der Waals surface area contributed by atoms with Crippen LogP contribution in [0.15, 0.2) is 6.33 Å². The molecule has 72 valence electrons. The van der Waals surface area contributed by atoms with Gasteiger partial charge in [-0.3, -0.25) is 0 Å². The van der Waals surface area contributed by atoms with Crippen molar-refractivity contribution < 1.29 is 17.9 Å². The summed E-state index contributed by atoms with van der Waals surface area (Å²) in [5.74, 6) is -0.188. The zero-order chi connectivity index (χ0) is 9.90. The summed E-state index contributed by atoms with van der Waals surface area (Å²) in [4.78, 5) is 10.0. The number of rotatable bonds is 2. The van der Waals surface area contributed by atoms with E-state index in [1.165, 1.54) is 0 Å². The number of alkyl halides is 3. The van der Waals surface area contributed by atoms with Crippen LogP contribution < -0.4 is 10.5 Å². The van der Waals surface area contributed by atoms with Gasteiger partial charge in [-0.15, -0.1) is 0 Å². The standard InChI is InChI=1S/C5H5F3N4O/c6-5(7,8)1-13-4-11-2-10-3(9)12-4/h2H,1H2,(H2,9,10,11,12). The molecule has 1 aromatic heterocycles. The van der Waals surface area contributed by atoms with Crippen LogP contribution in [-0.2, 0) is 0 Å². The molecule has 8 heteroatoms. The molecule has 0 amide bonds. The lowest BCUT2D eigenvalue weighted by atomic mass is 10.7. The Bertz CT molecular complexity index is 289. The van der Waals surface area contributed by atoms with Crippen LogP contribution in [-0.4, -0.2) is 27.7 Å². The Morgan fingerprint density at radius 1 is 1.38 bits per heavy atom. The number of halogens is 3. The maximum atomic E-state index is 11.6. The van der Waals surface area contributed by atoms with E-state index in [0.29, 0.717) is 0 Å². The van der Waals surface area contributed by atoms with Gasteiger partial charge in [-0.1, -0.05) is 0 Å². The second-order valence-corrected chi connectivity index (χ2v) is 2.03. The maximum absolute atomic E-state index is 11.6. The lowest BCUT2D eigenvalue weighted by Gasteiger charge is -2.06. The fourth-order valence-electron chi connectivity index (χ4n) is 0.509. The number of nitrogen functional groups attached to an aromatic ring is 1. The molecule has 0 aromatic carbocycles. The van der Waals surface area contributed by atoms with Crippen molar-refractivity contribution in [3.05, 3.63) is 6.33 Å². The Balaban J connectivity index is 2.55. The highest BCUT2D eigenvalue weighted by molar-refractivity contribution is 5.14. The molecule has 0 atom stereocenters. The van der Waals surface area contributed by atoms with Crippen LogP contribution in [0.2, 0.25) is 0 Å². The van der Waals surface area contributed by atoms with E-state index >= 15 is 0 Å². The molecule has 0 aliphatic rings. The Morgan fingerprint density at radius 3 is 2.62 bits per heavy atom. The topological polar surface area (TPSA) is 73.9 Å². The molecule has 0 unspecified atom stereocenters. The van der Waals surface area contributed by atoms with Gasteiger partial charge < -0.3 is 10.5 Å². The largest absolute Gasteiger partial charge is 0.454 e. The number of ether oxygens (including phenoxy) is 1. The average Bonchev–Trinajstić information content (AvgIpc) is 2.00. The number of nitrogens with zero attached hydrogens (tertiary/aromatic N) is 3. The normalized spacial score (nSPS) is 11.3. The van der Waals surface area contributed by atoms with Crippen LogP contribution in [0.5, 0.6) is 6.01 Å². The molecule has 0 aliphatic heterocycles. The monoisotopic (exact) mass is 194 g/mol. The van der Waals surface area contributed by atoms with E-state index in [1.807, 2.05) is 0 Å². The summed E-state index contributed by atoms with van der Waals surface area (Å²) in [7, 11) is 0. The van der Waals surface area contributed by atoms with Gasteiger partial charge in [-0.05, 0) is 0 Å². The molecule has 1 aromatic rings. The van der Waals surface area contributed by atoms with E-state index < -0.39 is 18.8 Å². The van der Waals surface area contributed by atoms with Crippen LogP contribution in [0.25, 0.3) is 0 Å². The second kappa shape index (κ2) is 3.42. The fourth-order valence-corrected chi connectivity index (χ4v) is 0.509. The predicted molar refractivity (Wildman–Crippen MR) is 35.8 cm³/mol. The average molecular weight is 194 g/mol. The number of hydrogen-bond acceptors (Lipinski definition) is 5. The number of anilines is 1. The lowest BCUT2D eigenvalue weighted by Crippen LogP contribution is -2.20. The molecule has 2 N–H and O–H groups in total. The minimum Gasteiger partial charge on any atom is -0.454 e. The first kappa shape index (κ1) is 9.49. The summed E-state index contributed by atoms with van der Waals surface area (Å²) < 4.78 is 39.0. The van der Waals surface area contributed by atoms with Gasteiger partial charge >= 0.3 is 12.2 Å². The molecule has 13 heavy (non-hydrogen) atoms. The van der Waals surface area contributed by atoms with Crippen molar-refractivity contribution in [3.8, 4) is 6.01 Å². The zero-order valence-electron chi connectivity index (χ0n) is 6.25. The maximum Gasteiger partial charge on any atom is 0.422 e. The van der Waals surface area contributed by atoms with Gasteiger partial charge in [0.25, 0.3) is 0 Å². The molecule has 1 rings (SSSR count). The van der Waals surface area contributed by atoms with E-state index in [-0.39, 0.29) is 5.95 Å². The van der Waals surface area contributed by atoms with Crippen molar-refractivity contribution in [3.63, 3.8) is 0 Å². The van der Waals surface area contributed by atoms with Gasteiger partial charge in [0.15, 0.2) is 6.61 Å². The molecule has 0 radical (unpaired) electrons. The minimum absolute atomic E-state index is 0.188. The van der Waals surface area contributed by atoms with E-state index in [0.717, 1.165) is 6.33 Å². The third kappa shape index (κ3) is 3.54. The Labute approximate surface area is 70.8 Å². The molecule has 0 saturated heterocycles. The Morgan fingerprint density at radius 2 is 2.08 bits per heavy atom. The molecule has 0 fully saturated rings. The summed E-state index contributed by atoms with van der Waals surface area (Å²) >= 11 is 0. The number of nitrogens with two attached hydrogens (primary N) is 1. The van der Waals surface area contributed by atoms with Gasteiger partial charge in [-0.2, -0.15) is 23.1 Å². The molecule has 0 bridgehead atoms. The quantitative estimate of drug-likeness (QED) is 0.737. The highest BCUT2D eigenvalue weighted by Gasteiger charge is 2.28. The number of aromatic nitrogens is 3. The molecular formula is C5H5F3N4O. The van der Waals surface area contributed by atoms with Gasteiger partial charge in [-0.25, -0.2) is 4.98 Å². The zero-order valence-corrected chi connectivity index (χ0v) is 6.25. The first-order chi connectivity index (χ1) is 5.97. The van der Waals surface area contributed by atoms with Crippen LogP contribution in [0.4, 0.5) is 19.1 Å². The molecule has 0 aliphatic carbocycles. The molecule has 5 nitrogen and oxygen atoms in total. The van der Waals surface area contributed by atoms with Crippen LogP contribution in [0.1, 0.15) is 0 Å². The minimum atomic E-state index is -4.42. The SMILES string of the molecule is Nc1ncnc(OCC(F)(F)F)n1. The first-order valence-electron chi connectivity index (χ1n) is 3.11. The van der Waals surface area contributed by atoms with E-state index in [1.54, 1.807) is 0 Å². The first-order valence-corrected chi connectivity index (χ1v) is 3.11. The lowest BCUT2D eigenvalue weighted by molar-refractivity contribution is -0.154. The Kier molecular flexibility index (Phi) is 2.49. The van der Waals surface area contributed by atoms with Gasteiger partial charge in [0, 0.05) is 0 Å². The molecule has 1 heterocycles. The van der Waals surface area contributed by atoms with Crippen LogP contribution in [0, 0.1) is 0 Å². The summed E-state index contributed by atoms with van der Waals surface area (Å²) in [5.41, 5.74) is 5.07. The summed E-state index contributed by atoms with van der Waals surface area (Å²) in [6, 6.07) is -0.440. The third-order valence-corrected chi connectivity index (χ3v) is 0.933. The summed E-state index contributed by atoms with van der Waals surface area (Å²) in [5, 5.41) is 0. The molecular weight excluding hydrogens is 189 g/mol. The van der Waals surface area contributed by atoms with E-state index in [2.05, 4.69) is 19.7 Å². The van der Waals surface area contributed by atoms with Crippen molar-refractivity contribution >= 4 is 5.95 Å². The Hall–Kier alpha value is -1.60. The van der Waals surface area contributed by atoms with Gasteiger partial charge in [0.2, 0.25) is 5.95 Å². The van der Waals surface area contributed by atoms with Crippen molar-refractivity contribution in [2.45, 2.75) is 6.18 Å². The highest BCUT2D eigenvalue weighted by Crippen LogP contribution is 2.15. The van der Waals surface area contributed by atoms with Crippen LogP contribution in [0.3, 0.4) is 0 Å². The van der Waals surface area contributed by atoms with Crippen molar-refractivity contribution in [1.29, 1.82) is 0 Å². The number of hydrogen-bond donors (Lipinski definition) is 1. The van der Waals surface area contributed by atoms with E-state index in [9.17, 15) is 13.2 Å².